The lowest BCUT2D eigenvalue weighted by Gasteiger charge is -2.05. The van der Waals surface area contributed by atoms with E-state index in [4.69, 9.17) is 22.1 Å². The predicted molar refractivity (Wildman–Crippen MR) is 55.5 cm³/mol. The molecule has 0 amide bonds. The van der Waals surface area contributed by atoms with Gasteiger partial charge in [-0.15, -0.1) is 0 Å². The fourth-order valence-electron chi connectivity index (χ4n) is 1.30. The van der Waals surface area contributed by atoms with E-state index in [1.807, 2.05) is 12.1 Å². The number of anilines is 1. The summed E-state index contributed by atoms with van der Waals surface area (Å²) in [6.07, 6.45) is 0. The third-order valence-electron chi connectivity index (χ3n) is 1.88. The molecule has 0 aliphatic rings. The van der Waals surface area contributed by atoms with Crippen molar-refractivity contribution in [3.8, 4) is 5.75 Å². The molecule has 1 aromatic carbocycles. The highest BCUT2D eigenvalue weighted by molar-refractivity contribution is 6.34. The molecule has 1 aromatic heterocycles. The highest BCUT2D eigenvalue weighted by atomic mass is 35.5. The lowest BCUT2D eigenvalue weighted by molar-refractivity contribution is 0.419. The van der Waals surface area contributed by atoms with Gasteiger partial charge in [-0.1, -0.05) is 17.7 Å². The molecule has 4 nitrogen and oxygen atoms in total. The molecule has 0 bridgehead atoms. The van der Waals surface area contributed by atoms with Gasteiger partial charge in [0.1, 0.15) is 10.9 Å². The standard InChI is InChI=1S/C9H8ClN3O/c1-14-6-4-2-3-5-7(6)8(10)13-9(11)12-5/h2-4H,1H3,(H2,11,12,13). The first-order valence-electron chi connectivity index (χ1n) is 3.98. The van der Waals surface area contributed by atoms with E-state index >= 15 is 0 Å². The second-order valence-corrected chi connectivity index (χ2v) is 3.09. The Morgan fingerprint density at radius 1 is 1.36 bits per heavy atom. The van der Waals surface area contributed by atoms with E-state index in [1.54, 1.807) is 13.2 Å². The van der Waals surface area contributed by atoms with Gasteiger partial charge in [0.25, 0.3) is 0 Å². The van der Waals surface area contributed by atoms with Crippen molar-refractivity contribution in [3.05, 3.63) is 23.4 Å². The largest absolute Gasteiger partial charge is 0.496 e. The van der Waals surface area contributed by atoms with Crippen LogP contribution >= 0.6 is 11.6 Å². The molecule has 0 aliphatic heterocycles. The third kappa shape index (κ3) is 1.33. The average molecular weight is 210 g/mol. The van der Waals surface area contributed by atoms with E-state index in [9.17, 15) is 0 Å². The fourth-order valence-corrected chi connectivity index (χ4v) is 1.57. The summed E-state index contributed by atoms with van der Waals surface area (Å²) in [6.45, 7) is 0. The second kappa shape index (κ2) is 3.31. The van der Waals surface area contributed by atoms with E-state index < -0.39 is 0 Å². The maximum absolute atomic E-state index is 5.94. The minimum Gasteiger partial charge on any atom is -0.496 e. The van der Waals surface area contributed by atoms with E-state index in [1.165, 1.54) is 0 Å². The zero-order valence-electron chi connectivity index (χ0n) is 7.49. The van der Waals surface area contributed by atoms with Crippen molar-refractivity contribution in [2.45, 2.75) is 0 Å². The van der Waals surface area contributed by atoms with E-state index in [2.05, 4.69) is 9.97 Å². The monoisotopic (exact) mass is 209 g/mol. The molecule has 0 saturated carbocycles. The molecule has 0 aliphatic carbocycles. The summed E-state index contributed by atoms with van der Waals surface area (Å²) in [7, 11) is 1.57. The van der Waals surface area contributed by atoms with Crippen LogP contribution in [0, 0.1) is 0 Å². The average Bonchev–Trinajstić information content (AvgIpc) is 2.16. The van der Waals surface area contributed by atoms with Gasteiger partial charge >= 0.3 is 0 Å². The van der Waals surface area contributed by atoms with E-state index in [-0.39, 0.29) is 5.95 Å². The topological polar surface area (TPSA) is 61.0 Å². The molecule has 1 heterocycles. The molecule has 2 aromatic rings. The van der Waals surface area contributed by atoms with Crippen molar-refractivity contribution in [1.29, 1.82) is 0 Å². The molecular formula is C9H8ClN3O. The van der Waals surface area contributed by atoms with Crippen LogP contribution in [0.15, 0.2) is 18.2 Å². The van der Waals surface area contributed by atoms with Gasteiger partial charge in [0, 0.05) is 0 Å². The number of rotatable bonds is 1. The van der Waals surface area contributed by atoms with Crippen molar-refractivity contribution in [2.24, 2.45) is 0 Å². The van der Waals surface area contributed by atoms with Crippen LogP contribution < -0.4 is 10.5 Å². The maximum atomic E-state index is 5.94. The predicted octanol–water partition coefficient (Wildman–Crippen LogP) is 1.87. The lowest BCUT2D eigenvalue weighted by Crippen LogP contribution is -1.96. The quantitative estimate of drug-likeness (QED) is 0.729. The molecule has 2 rings (SSSR count). The first-order chi connectivity index (χ1) is 6.72. The van der Waals surface area contributed by atoms with Crippen LogP contribution in [0.2, 0.25) is 5.15 Å². The lowest BCUT2D eigenvalue weighted by atomic mass is 10.2. The van der Waals surface area contributed by atoms with Crippen LogP contribution in [0.1, 0.15) is 0 Å². The van der Waals surface area contributed by atoms with Gasteiger partial charge in [0.05, 0.1) is 18.0 Å². The molecule has 0 fully saturated rings. The minimum absolute atomic E-state index is 0.163. The number of hydrogen-bond acceptors (Lipinski definition) is 4. The summed E-state index contributed by atoms with van der Waals surface area (Å²) in [4.78, 5) is 7.91. The summed E-state index contributed by atoms with van der Waals surface area (Å²) in [5.41, 5.74) is 6.15. The normalized spacial score (nSPS) is 10.4. The minimum atomic E-state index is 0.163. The second-order valence-electron chi connectivity index (χ2n) is 2.73. The molecule has 0 saturated heterocycles. The van der Waals surface area contributed by atoms with Crippen LogP contribution in [0.4, 0.5) is 5.95 Å². The van der Waals surface area contributed by atoms with Crippen LogP contribution in [0.25, 0.3) is 10.9 Å². The first-order valence-corrected chi connectivity index (χ1v) is 4.36. The molecule has 5 heteroatoms. The van der Waals surface area contributed by atoms with Gasteiger partial charge in [0.15, 0.2) is 0 Å². The van der Waals surface area contributed by atoms with E-state index in [0.717, 1.165) is 0 Å². The summed E-state index contributed by atoms with van der Waals surface area (Å²) in [6, 6.07) is 5.43. The number of hydrogen-bond donors (Lipinski definition) is 1. The Labute approximate surface area is 85.7 Å². The van der Waals surface area contributed by atoms with Crippen molar-refractivity contribution >= 4 is 28.5 Å². The summed E-state index contributed by atoms with van der Waals surface area (Å²) in [5, 5.41) is 0.996. The summed E-state index contributed by atoms with van der Waals surface area (Å²) >= 11 is 5.94. The number of nitrogens with zero attached hydrogens (tertiary/aromatic N) is 2. The van der Waals surface area contributed by atoms with Crippen LogP contribution in [-0.2, 0) is 0 Å². The van der Waals surface area contributed by atoms with Crippen molar-refractivity contribution in [3.63, 3.8) is 0 Å². The fraction of sp³-hybridized carbons (Fsp3) is 0.111. The molecular weight excluding hydrogens is 202 g/mol. The highest BCUT2D eigenvalue weighted by Crippen LogP contribution is 2.29. The number of nitrogens with two attached hydrogens (primary N) is 1. The Hall–Kier alpha value is -1.55. The van der Waals surface area contributed by atoms with Gasteiger partial charge in [-0.25, -0.2) is 9.97 Å². The van der Waals surface area contributed by atoms with E-state index in [0.29, 0.717) is 21.8 Å². The number of aromatic nitrogens is 2. The number of nitrogen functional groups attached to an aromatic ring is 1. The Bertz CT molecular complexity index is 487. The van der Waals surface area contributed by atoms with Crippen molar-refractivity contribution < 1.29 is 4.74 Å². The molecule has 2 N–H and O–H groups in total. The number of benzene rings is 1. The SMILES string of the molecule is COc1cccc2nc(N)nc(Cl)c12. The molecule has 0 spiro atoms. The molecule has 0 unspecified atom stereocenters. The Morgan fingerprint density at radius 3 is 2.86 bits per heavy atom. The van der Waals surface area contributed by atoms with Gasteiger partial charge in [-0.05, 0) is 12.1 Å². The summed E-state index contributed by atoms with van der Waals surface area (Å²) in [5.74, 6) is 0.809. The van der Waals surface area contributed by atoms with Gasteiger partial charge in [-0.3, -0.25) is 0 Å². The summed E-state index contributed by atoms with van der Waals surface area (Å²) < 4.78 is 5.14. The zero-order valence-corrected chi connectivity index (χ0v) is 8.25. The van der Waals surface area contributed by atoms with Gasteiger partial charge in [0.2, 0.25) is 5.95 Å². The number of fused-ring (bicyclic) bond motifs is 1. The number of ether oxygens (including phenoxy) is 1. The molecule has 72 valence electrons. The Morgan fingerprint density at radius 2 is 2.14 bits per heavy atom. The van der Waals surface area contributed by atoms with Crippen LogP contribution in [-0.4, -0.2) is 17.1 Å². The number of halogens is 1. The van der Waals surface area contributed by atoms with Crippen LogP contribution in [0.3, 0.4) is 0 Å². The van der Waals surface area contributed by atoms with Gasteiger partial charge < -0.3 is 10.5 Å². The molecule has 0 atom stereocenters. The molecule has 14 heavy (non-hydrogen) atoms. The van der Waals surface area contributed by atoms with Crippen molar-refractivity contribution in [2.75, 3.05) is 12.8 Å². The van der Waals surface area contributed by atoms with Gasteiger partial charge in [-0.2, -0.15) is 0 Å². The third-order valence-corrected chi connectivity index (χ3v) is 2.15. The highest BCUT2D eigenvalue weighted by Gasteiger charge is 2.08. The van der Waals surface area contributed by atoms with Crippen molar-refractivity contribution in [1.82, 2.24) is 9.97 Å². The number of methoxy groups -OCH3 is 1. The van der Waals surface area contributed by atoms with Crippen LogP contribution in [0.5, 0.6) is 5.75 Å². The molecule has 0 radical (unpaired) electrons. The smallest absolute Gasteiger partial charge is 0.222 e. The Balaban J connectivity index is 2.87. The first kappa shape index (κ1) is 9.02. The Kier molecular flexibility index (Phi) is 2.13. The maximum Gasteiger partial charge on any atom is 0.222 e. The zero-order chi connectivity index (χ0) is 10.1.